The van der Waals surface area contributed by atoms with E-state index in [1.807, 2.05) is 12.3 Å². The van der Waals surface area contributed by atoms with Crippen LogP contribution in [0.1, 0.15) is 99.3 Å². The molecule has 1 aliphatic rings. The summed E-state index contributed by atoms with van der Waals surface area (Å²) in [5.74, 6) is 0.819. The Morgan fingerprint density at radius 1 is 0.929 bits per heavy atom. The van der Waals surface area contributed by atoms with Crippen LogP contribution in [0.4, 0.5) is 0 Å². The zero-order valence-electron chi connectivity index (χ0n) is 19.7. The summed E-state index contributed by atoms with van der Waals surface area (Å²) in [6, 6.07) is 0.263. The minimum atomic E-state index is 0.225. The van der Waals surface area contributed by atoms with Crippen molar-refractivity contribution in [2.45, 2.75) is 111 Å². The second kappa shape index (κ2) is 13.5. The molecule has 2 unspecified atom stereocenters. The molecule has 28 heavy (non-hydrogen) atoms. The molecule has 0 radical (unpaired) electrons. The molecule has 0 amide bonds. The van der Waals surface area contributed by atoms with E-state index in [-0.39, 0.29) is 11.6 Å². The number of nitrogens with zero attached hydrogens (tertiary/aromatic N) is 1. The van der Waals surface area contributed by atoms with Gasteiger partial charge in [0.1, 0.15) is 0 Å². The topological polar surface area (TPSA) is 33.6 Å². The molecule has 3 heteroatoms. The zero-order valence-corrected chi connectivity index (χ0v) is 19.7. The quantitative estimate of drug-likeness (QED) is 0.320. The minimum absolute atomic E-state index is 0.225. The third kappa shape index (κ3) is 15.3. The molecule has 164 valence electrons. The van der Waals surface area contributed by atoms with Crippen molar-refractivity contribution in [3.63, 3.8) is 0 Å². The van der Waals surface area contributed by atoms with E-state index in [1.165, 1.54) is 57.8 Å². The average molecular weight is 393 g/mol. The van der Waals surface area contributed by atoms with Crippen molar-refractivity contribution < 1.29 is 4.74 Å². The van der Waals surface area contributed by atoms with E-state index in [1.54, 1.807) is 0 Å². The molecular weight excluding hydrogens is 344 g/mol. The van der Waals surface area contributed by atoms with Crippen LogP contribution in [-0.2, 0) is 4.74 Å². The highest BCUT2D eigenvalue weighted by Gasteiger charge is 2.17. The summed E-state index contributed by atoms with van der Waals surface area (Å²) in [6.45, 7) is 16.7. The Bertz CT molecular complexity index is 412. The predicted octanol–water partition coefficient (Wildman–Crippen LogP) is 6.57. The number of nitrogens with one attached hydrogen (secondary N) is 1. The van der Waals surface area contributed by atoms with Gasteiger partial charge in [0.2, 0.25) is 0 Å². The maximum absolute atomic E-state index is 5.71. The summed E-state index contributed by atoms with van der Waals surface area (Å²) < 4.78 is 5.71. The normalized spacial score (nSPS) is 18.1. The van der Waals surface area contributed by atoms with Crippen molar-refractivity contribution >= 4 is 6.21 Å². The first-order valence-electron chi connectivity index (χ1n) is 11.7. The van der Waals surface area contributed by atoms with Gasteiger partial charge in [-0.15, -0.1) is 0 Å². The lowest BCUT2D eigenvalue weighted by Gasteiger charge is -2.27. The summed E-state index contributed by atoms with van der Waals surface area (Å²) in [5.41, 5.74) is 0.672. The third-order valence-electron chi connectivity index (χ3n) is 5.36. The van der Waals surface area contributed by atoms with Crippen LogP contribution in [0.25, 0.3) is 0 Å². The van der Waals surface area contributed by atoms with Gasteiger partial charge in [0, 0.05) is 18.4 Å². The Morgan fingerprint density at radius 2 is 1.61 bits per heavy atom. The number of ether oxygens (including phenoxy) is 1. The Kier molecular flexibility index (Phi) is 12.3. The fourth-order valence-corrected chi connectivity index (χ4v) is 3.47. The van der Waals surface area contributed by atoms with E-state index in [4.69, 9.17) is 4.74 Å². The van der Waals surface area contributed by atoms with E-state index < -0.39 is 0 Å². The van der Waals surface area contributed by atoms with Crippen LogP contribution in [0.3, 0.4) is 0 Å². The first-order valence-corrected chi connectivity index (χ1v) is 11.7. The van der Waals surface area contributed by atoms with Crippen LogP contribution in [0, 0.1) is 11.3 Å². The van der Waals surface area contributed by atoms with Crippen LogP contribution >= 0.6 is 0 Å². The van der Waals surface area contributed by atoms with Gasteiger partial charge in [-0.25, -0.2) is 0 Å². The first-order chi connectivity index (χ1) is 13.2. The van der Waals surface area contributed by atoms with Crippen LogP contribution in [0.2, 0.25) is 0 Å². The summed E-state index contributed by atoms with van der Waals surface area (Å²) in [4.78, 5) is 4.30. The third-order valence-corrected chi connectivity index (χ3v) is 5.36. The van der Waals surface area contributed by atoms with E-state index >= 15 is 0 Å². The molecule has 0 saturated carbocycles. The molecule has 1 aliphatic heterocycles. The minimum Gasteiger partial charge on any atom is -0.379 e. The summed E-state index contributed by atoms with van der Waals surface area (Å²) in [6.07, 6.45) is 18.0. The molecule has 1 rings (SSSR count). The average Bonchev–Trinajstić information content (AvgIpc) is 3.10. The number of aliphatic imine (C=N–C) groups is 1. The maximum atomic E-state index is 5.71. The summed E-state index contributed by atoms with van der Waals surface area (Å²) >= 11 is 0. The number of hydrogen-bond acceptors (Lipinski definition) is 3. The molecular formula is C25H48N2O. The summed E-state index contributed by atoms with van der Waals surface area (Å²) in [5, 5.41) is 3.73. The van der Waals surface area contributed by atoms with Crippen LogP contribution < -0.4 is 5.32 Å². The monoisotopic (exact) mass is 392 g/mol. The van der Waals surface area contributed by atoms with Gasteiger partial charge in [-0.1, -0.05) is 59.0 Å². The van der Waals surface area contributed by atoms with Gasteiger partial charge in [-0.2, -0.15) is 0 Å². The highest BCUT2D eigenvalue weighted by Crippen LogP contribution is 2.26. The highest BCUT2D eigenvalue weighted by molar-refractivity contribution is 5.74. The number of allylic oxidation sites excluding steroid dienone is 1. The van der Waals surface area contributed by atoms with E-state index in [2.05, 4.69) is 57.9 Å². The Hall–Kier alpha value is -0.670. The van der Waals surface area contributed by atoms with Crippen LogP contribution in [0.15, 0.2) is 17.1 Å². The SMILES string of the molecule is CC(C)(C)CCC(CCCCCCCCOCC1C=CC=N1)CNC(C)(C)C. The fourth-order valence-electron chi connectivity index (χ4n) is 3.47. The summed E-state index contributed by atoms with van der Waals surface area (Å²) in [7, 11) is 0. The van der Waals surface area contributed by atoms with Gasteiger partial charge in [-0.05, 0) is 70.4 Å². The second-order valence-corrected chi connectivity index (χ2v) is 10.8. The van der Waals surface area contributed by atoms with Crippen molar-refractivity contribution in [3.8, 4) is 0 Å². The molecule has 0 saturated heterocycles. The fraction of sp³-hybridized carbons (Fsp3) is 0.880. The van der Waals surface area contributed by atoms with Crippen molar-refractivity contribution in [2.24, 2.45) is 16.3 Å². The van der Waals surface area contributed by atoms with Gasteiger partial charge in [-0.3, -0.25) is 4.99 Å². The zero-order chi connectivity index (χ0) is 20.9. The number of unbranched alkanes of at least 4 members (excludes halogenated alkanes) is 5. The lowest BCUT2D eigenvalue weighted by atomic mass is 9.84. The van der Waals surface area contributed by atoms with Crippen LogP contribution in [0.5, 0.6) is 0 Å². The highest BCUT2D eigenvalue weighted by atomic mass is 16.5. The van der Waals surface area contributed by atoms with Crippen LogP contribution in [-0.4, -0.2) is 37.6 Å². The Balaban J connectivity index is 2.03. The van der Waals surface area contributed by atoms with Crippen molar-refractivity contribution in [2.75, 3.05) is 19.8 Å². The molecule has 0 aromatic heterocycles. The molecule has 0 fully saturated rings. The molecule has 2 atom stereocenters. The first kappa shape index (κ1) is 25.4. The molecule has 1 N–H and O–H groups in total. The molecule has 0 aliphatic carbocycles. The molecule has 3 nitrogen and oxygen atoms in total. The smallest absolute Gasteiger partial charge is 0.0916 e. The largest absolute Gasteiger partial charge is 0.379 e. The second-order valence-electron chi connectivity index (χ2n) is 10.8. The number of rotatable bonds is 15. The Labute approximate surface area is 175 Å². The lowest BCUT2D eigenvalue weighted by molar-refractivity contribution is 0.126. The van der Waals surface area contributed by atoms with Crippen molar-refractivity contribution in [3.05, 3.63) is 12.2 Å². The van der Waals surface area contributed by atoms with E-state index in [0.29, 0.717) is 5.41 Å². The maximum Gasteiger partial charge on any atom is 0.0916 e. The molecule has 1 heterocycles. The van der Waals surface area contributed by atoms with Gasteiger partial charge < -0.3 is 10.1 Å². The van der Waals surface area contributed by atoms with Crippen molar-refractivity contribution in [1.29, 1.82) is 0 Å². The van der Waals surface area contributed by atoms with Crippen molar-refractivity contribution in [1.82, 2.24) is 5.32 Å². The van der Waals surface area contributed by atoms with Gasteiger partial charge in [0.15, 0.2) is 0 Å². The molecule has 0 bridgehead atoms. The molecule has 0 spiro atoms. The van der Waals surface area contributed by atoms with E-state index in [9.17, 15) is 0 Å². The Morgan fingerprint density at radius 3 is 2.21 bits per heavy atom. The van der Waals surface area contributed by atoms with Gasteiger partial charge >= 0.3 is 0 Å². The van der Waals surface area contributed by atoms with Gasteiger partial charge in [0.25, 0.3) is 0 Å². The predicted molar refractivity (Wildman–Crippen MR) is 124 cm³/mol. The standard InChI is InChI=1S/C25H48N2O/c1-24(2,3)17-16-22(20-27-25(4,5)6)14-11-9-7-8-10-12-19-28-21-23-15-13-18-26-23/h13,15,18,22-23,27H,7-12,14,16-17,19-21H2,1-6H3. The van der Waals surface area contributed by atoms with E-state index in [0.717, 1.165) is 25.7 Å². The van der Waals surface area contributed by atoms with Gasteiger partial charge in [0.05, 0.1) is 12.6 Å². The molecule has 0 aromatic rings. The number of hydrogen-bond donors (Lipinski definition) is 1. The lowest BCUT2D eigenvalue weighted by Crippen LogP contribution is -2.39. The molecule has 0 aromatic carbocycles.